The second kappa shape index (κ2) is 6.83. The average Bonchev–Trinajstić information content (AvgIpc) is 3.07. The van der Waals surface area contributed by atoms with Gasteiger partial charge in [0.05, 0.1) is 17.8 Å². The van der Waals surface area contributed by atoms with Crippen molar-refractivity contribution in [3.8, 4) is 0 Å². The zero-order valence-electron chi connectivity index (χ0n) is 13.9. The van der Waals surface area contributed by atoms with Gasteiger partial charge in [-0.05, 0) is 38.1 Å². The summed E-state index contributed by atoms with van der Waals surface area (Å²) < 4.78 is 0. The van der Waals surface area contributed by atoms with Gasteiger partial charge in [0.15, 0.2) is 0 Å². The Hall–Kier alpha value is -1.69. The molecule has 2 atom stereocenters. The summed E-state index contributed by atoms with van der Waals surface area (Å²) in [4.78, 5) is 4.53. The second-order valence-corrected chi connectivity index (χ2v) is 6.61. The molecule has 0 unspecified atom stereocenters. The second-order valence-electron chi connectivity index (χ2n) is 6.61. The van der Waals surface area contributed by atoms with Crippen LogP contribution in [-0.4, -0.2) is 64.9 Å². The molecule has 0 saturated carbocycles. The molecule has 0 spiro atoms. The maximum absolute atomic E-state index is 11.0. The highest BCUT2D eigenvalue weighted by molar-refractivity contribution is 5.27. The topological polar surface area (TPSA) is 55.4 Å². The standard InChI is InChI=1S/C18H26N4O/c1-21(2)18(16-6-4-3-5-7-16)9-11-22(14-17(18)23)10-8-15-12-19-20-13-15/h3-7,12-13,17,23H,8-11,14H2,1-2H3,(H,19,20)/t17-,18+/m0/s1. The minimum Gasteiger partial charge on any atom is -0.389 e. The molecule has 0 amide bonds. The number of likely N-dealkylation sites (tertiary alicyclic amines) is 1. The van der Waals surface area contributed by atoms with Crippen molar-refractivity contribution < 1.29 is 5.11 Å². The van der Waals surface area contributed by atoms with Gasteiger partial charge in [-0.1, -0.05) is 30.3 Å². The number of nitrogens with one attached hydrogen (secondary N) is 1. The van der Waals surface area contributed by atoms with Gasteiger partial charge < -0.3 is 10.0 Å². The van der Waals surface area contributed by atoms with Crippen molar-refractivity contribution in [3.63, 3.8) is 0 Å². The van der Waals surface area contributed by atoms with Gasteiger partial charge in [0.25, 0.3) is 0 Å². The van der Waals surface area contributed by atoms with Gasteiger partial charge in [-0.2, -0.15) is 5.10 Å². The molecule has 1 aliphatic rings. The molecule has 2 aromatic rings. The molecule has 23 heavy (non-hydrogen) atoms. The Balaban J connectivity index is 1.71. The summed E-state index contributed by atoms with van der Waals surface area (Å²) >= 11 is 0. The molecule has 3 rings (SSSR count). The van der Waals surface area contributed by atoms with E-state index in [-0.39, 0.29) is 5.54 Å². The van der Waals surface area contributed by atoms with Crippen molar-refractivity contribution in [1.29, 1.82) is 0 Å². The molecular formula is C18H26N4O. The van der Waals surface area contributed by atoms with E-state index >= 15 is 0 Å². The summed E-state index contributed by atoms with van der Waals surface area (Å²) in [5.74, 6) is 0. The third kappa shape index (κ3) is 3.17. The van der Waals surface area contributed by atoms with Crippen molar-refractivity contribution in [2.75, 3.05) is 33.7 Å². The maximum Gasteiger partial charge on any atom is 0.0892 e. The van der Waals surface area contributed by atoms with Gasteiger partial charge in [0.1, 0.15) is 0 Å². The molecule has 0 bridgehead atoms. The van der Waals surface area contributed by atoms with Crippen LogP contribution < -0.4 is 0 Å². The molecule has 1 aromatic carbocycles. The van der Waals surface area contributed by atoms with Crippen LogP contribution in [0.5, 0.6) is 0 Å². The van der Waals surface area contributed by atoms with E-state index in [2.05, 4.69) is 58.4 Å². The smallest absolute Gasteiger partial charge is 0.0892 e. The molecule has 5 nitrogen and oxygen atoms in total. The molecule has 2 N–H and O–H groups in total. The van der Waals surface area contributed by atoms with Crippen LogP contribution in [0.15, 0.2) is 42.7 Å². The number of aliphatic hydroxyl groups is 1. The van der Waals surface area contributed by atoms with Gasteiger partial charge in [0, 0.05) is 25.8 Å². The van der Waals surface area contributed by atoms with E-state index < -0.39 is 6.10 Å². The number of hydrogen-bond acceptors (Lipinski definition) is 4. The number of aromatic nitrogens is 2. The van der Waals surface area contributed by atoms with Crippen LogP contribution in [0, 0.1) is 0 Å². The third-order valence-corrected chi connectivity index (χ3v) is 5.13. The van der Waals surface area contributed by atoms with Gasteiger partial charge in [-0.15, -0.1) is 0 Å². The number of likely N-dealkylation sites (N-methyl/N-ethyl adjacent to an activating group) is 1. The van der Waals surface area contributed by atoms with Crippen molar-refractivity contribution in [3.05, 3.63) is 53.9 Å². The Morgan fingerprint density at radius 3 is 2.74 bits per heavy atom. The molecule has 1 fully saturated rings. The first-order valence-electron chi connectivity index (χ1n) is 8.24. The monoisotopic (exact) mass is 314 g/mol. The molecule has 5 heteroatoms. The van der Waals surface area contributed by atoms with E-state index in [0.29, 0.717) is 6.54 Å². The number of aromatic amines is 1. The summed E-state index contributed by atoms with van der Waals surface area (Å²) in [6.45, 7) is 2.64. The summed E-state index contributed by atoms with van der Waals surface area (Å²) in [7, 11) is 4.13. The van der Waals surface area contributed by atoms with Crippen molar-refractivity contribution >= 4 is 0 Å². The number of nitrogens with zero attached hydrogens (tertiary/aromatic N) is 3. The van der Waals surface area contributed by atoms with Crippen LogP contribution in [0.4, 0.5) is 0 Å². The van der Waals surface area contributed by atoms with Gasteiger partial charge in [-0.25, -0.2) is 0 Å². The summed E-state index contributed by atoms with van der Waals surface area (Å²) in [5, 5.41) is 17.8. The van der Waals surface area contributed by atoms with E-state index in [9.17, 15) is 5.11 Å². The van der Waals surface area contributed by atoms with Crippen LogP contribution in [0.2, 0.25) is 0 Å². The quantitative estimate of drug-likeness (QED) is 0.878. The van der Waals surface area contributed by atoms with E-state index in [1.165, 1.54) is 11.1 Å². The van der Waals surface area contributed by atoms with Gasteiger partial charge in [-0.3, -0.25) is 10.00 Å². The van der Waals surface area contributed by atoms with E-state index in [1.54, 1.807) is 0 Å². The highest BCUT2D eigenvalue weighted by atomic mass is 16.3. The molecule has 0 aliphatic carbocycles. The zero-order valence-corrected chi connectivity index (χ0v) is 13.9. The number of β-amino-alcohol motifs (C(OH)–C–C–N with tert-alkyl or cyclic N) is 1. The first-order chi connectivity index (χ1) is 11.1. The number of hydrogen-bond donors (Lipinski definition) is 2. The third-order valence-electron chi connectivity index (χ3n) is 5.13. The van der Waals surface area contributed by atoms with Crippen LogP contribution in [0.3, 0.4) is 0 Å². The fourth-order valence-corrected chi connectivity index (χ4v) is 3.73. The fraction of sp³-hybridized carbons (Fsp3) is 0.500. The van der Waals surface area contributed by atoms with Crippen LogP contribution in [0.25, 0.3) is 0 Å². The van der Waals surface area contributed by atoms with E-state index in [1.807, 2.05) is 18.5 Å². The maximum atomic E-state index is 11.0. The van der Waals surface area contributed by atoms with E-state index in [4.69, 9.17) is 0 Å². The van der Waals surface area contributed by atoms with Crippen LogP contribution >= 0.6 is 0 Å². The molecule has 2 heterocycles. The summed E-state index contributed by atoms with van der Waals surface area (Å²) in [6.07, 6.45) is 5.29. The predicted octanol–water partition coefficient (Wildman–Crippen LogP) is 1.48. The number of H-pyrrole nitrogens is 1. The number of aliphatic hydroxyl groups excluding tert-OH is 1. The molecular weight excluding hydrogens is 288 g/mol. The number of piperidine rings is 1. The minimum absolute atomic E-state index is 0.298. The number of rotatable bonds is 5. The minimum atomic E-state index is -0.405. The lowest BCUT2D eigenvalue weighted by Crippen LogP contribution is -2.60. The highest BCUT2D eigenvalue weighted by Gasteiger charge is 2.45. The molecule has 0 radical (unpaired) electrons. The Kier molecular flexibility index (Phi) is 4.80. The van der Waals surface area contributed by atoms with Crippen LogP contribution in [0.1, 0.15) is 17.5 Å². The molecule has 1 aliphatic heterocycles. The predicted molar refractivity (Wildman–Crippen MR) is 91.2 cm³/mol. The largest absolute Gasteiger partial charge is 0.389 e. The van der Waals surface area contributed by atoms with Gasteiger partial charge >= 0.3 is 0 Å². The lowest BCUT2D eigenvalue weighted by Gasteiger charge is -2.50. The normalized spacial score (nSPS) is 25.8. The van der Waals surface area contributed by atoms with Crippen molar-refractivity contribution in [1.82, 2.24) is 20.0 Å². The van der Waals surface area contributed by atoms with E-state index in [0.717, 1.165) is 25.9 Å². The molecule has 1 aromatic heterocycles. The molecule has 124 valence electrons. The summed E-state index contributed by atoms with van der Waals surface area (Å²) in [6, 6.07) is 10.4. The average molecular weight is 314 g/mol. The Morgan fingerprint density at radius 2 is 2.13 bits per heavy atom. The first-order valence-corrected chi connectivity index (χ1v) is 8.24. The van der Waals surface area contributed by atoms with Crippen molar-refractivity contribution in [2.45, 2.75) is 24.5 Å². The van der Waals surface area contributed by atoms with Crippen LogP contribution in [-0.2, 0) is 12.0 Å². The van der Waals surface area contributed by atoms with Gasteiger partial charge in [0.2, 0.25) is 0 Å². The Labute approximate surface area is 137 Å². The Morgan fingerprint density at radius 1 is 1.35 bits per heavy atom. The highest BCUT2D eigenvalue weighted by Crippen LogP contribution is 2.37. The first kappa shape index (κ1) is 16.2. The van der Waals surface area contributed by atoms with Crippen molar-refractivity contribution in [2.24, 2.45) is 0 Å². The lowest BCUT2D eigenvalue weighted by molar-refractivity contribution is -0.0680. The number of benzene rings is 1. The lowest BCUT2D eigenvalue weighted by atomic mass is 9.77. The SMILES string of the molecule is CN(C)[C@@]1(c2ccccc2)CCN(CCc2cn[nH]c2)C[C@@H]1O. The zero-order chi connectivity index (χ0) is 16.3. The fourth-order valence-electron chi connectivity index (χ4n) is 3.73. The Bertz CT molecular complexity index is 599. The molecule has 1 saturated heterocycles. The summed E-state index contributed by atoms with van der Waals surface area (Å²) in [5.41, 5.74) is 2.12.